The molecule has 1 aliphatic carbocycles. The number of anilines is 3. The van der Waals surface area contributed by atoms with E-state index < -0.39 is 0 Å². The van der Waals surface area contributed by atoms with Crippen LogP contribution in [0.15, 0.2) is 127 Å². The van der Waals surface area contributed by atoms with Gasteiger partial charge < -0.3 is 4.90 Å². The standard InChI is InChI=1S/C36H30ClN/c37-31-22-20-30(21-23-31)35(29-10-3-1-4-11-29)26-27-18-24-33(25-19-27)38(32-14-5-2-6-15-32)36-17-9-13-28-12-7-8-16-34(28)36/h1-6,9-11,13-15,17-26H,7-8,12,16H2. The van der Waals surface area contributed by atoms with E-state index in [-0.39, 0.29) is 0 Å². The van der Waals surface area contributed by atoms with Gasteiger partial charge in [-0.3, -0.25) is 0 Å². The number of hydrogen-bond donors (Lipinski definition) is 0. The number of nitrogens with zero attached hydrogens (tertiary/aromatic N) is 1. The van der Waals surface area contributed by atoms with Gasteiger partial charge in [0, 0.05) is 22.1 Å². The summed E-state index contributed by atoms with van der Waals surface area (Å²) in [7, 11) is 0. The van der Waals surface area contributed by atoms with Crippen LogP contribution in [0.2, 0.25) is 5.02 Å². The molecule has 1 aliphatic rings. The molecule has 6 rings (SSSR count). The first-order chi connectivity index (χ1) is 18.8. The Hall–Kier alpha value is -4.07. The predicted molar refractivity (Wildman–Crippen MR) is 163 cm³/mol. The summed E-state index contributed by atoms with van der Waals surface area (Å²) in [4.78, 5) is 2.41. The topological polar surface area (TPSA) is 3.24 Å². The van der Waals surface area contributed by atoms with E-state index in [1.54, 1.807) is 0 Å². The van der Waals surface area contributed by atoms with E-state index in [1.807, 2.05) is 12.1 Å². The molecular formula is C36H30ClN. The zero-order valence-corrected chi connectivity index (χ0v) is 22.1. The van der Waals surface area contributed by atoms with Crippen molar-refractivity contribution in [2.45, 2.75) is 25.7 Å². The molecule has 2 heteroatoms. The van der Waals surface area contributed by atoms with Gasteiger partial charge in [0.25, 0.3) is 0 Å². The molecule has 0 radical (unpaired) electrons. The Labute approximate surface area is 230 Å². The highest BCUT2D eigenvalue weighted by Gasteiger charge is 2.20. The molecule has 0 heterocycles. The summed E-state index contributed by atoms with van der Waals surface area (Å²) >= 11 is 6.19. The lowest BCUT2D eigenvalue weighted by Crippen LogP contribution is -2.15. The molecule has 0 spiro atoms. The highest BCUT2D eigenvalue weighted by molar-refractivity contribution is 6.30. The van der Waals surface area contributed by atoms with Gasteiger partial charge in [0.05, 0.1) is 0 Å². The van der Waals surface area contributed by atoms with E-state index in [9.17, 15) is 0 Å². The molecule has 0 N–H and O–H groups in total. The van der Waals surface area contributed by atoms with Gasteiger partial charge in [0.2, 0.25) is 0 Å². The maximum absolute atomic E-state index is 6.19. The zero-order valence-electron chi connectivity index (χ0n) is 21.4. The van der Waals surface area contributed by atoms with Crippen molar-refractivity contribution in [1.82, 2.24) is 0 Å². The molecule has 0 bridgehead atoms. The molecule has 5 aromatic carbocycles. The second kappa shape index (κ2) is 11.1. The normalized spacial score (nSPS) is 13.1. The fourth-order valence-electron chi connectivity index (χ4n) is 5.44. The fraction of sp³-hybridized carbons (Fsp3) is 0.111. The first-order valence-corrected chi connectivity index (χ1v) is 13.7. The number of fused-ring (bicyclic) bond motifs is 1. The van der Waals surface area contributed by atoms with Crippen LogP contribution >= 0.6 is 11.6 Å². The van der Waals surface area contributed by atoms with Crippen LogP contribution in [-0.2, 0) is 12.8 Å². The summed E-state index contributed by atoms with van der Waals surface area (Å²) < 4.78 is 0. The Bertz CT molecular complexity index is 1540. The Morgan fingerprint density at radius 2 is 1.21 bits per heavy atom. The van der Waals surface area contributed by atoms with Gasteiger partial charge in [0.1, 0.15) is 0 Å². The lowest BCUT2D eigenvalue weighted by Gasteiger charge is -2.30. The third kappa shape index (κ3) is 5.16. The second-order valence-electron chi connectivity index (χ2n) is 9.82. The Morgan fingerprint density at radius 3 is 1.95 bits per heavy atom. The highest BCUT2D eigenvalue weighted by Crippen LogP contribution is 2.40. The van der Waals surface area contributed by atoms with Crippen molar-refractivity contribution < 1.29 is 0 Å². The monoisotopic (exact) mass is 511 g/mol. The molecule has 0 saturated carbocycles. The summed E-state index contributed by atoms with van der Waals surface area (Å²) in [6.07, 6.45) is 7.10. The predicted octanol–water partition coefficient (Wildman–Crippen LogP) is 10.3. The summed E-state index contributed by atoms with van der Waals surface area (Å²) in [6.45, 7) is 0. The van der Waals surface area contributed by atoms with Crippen LogP contribution < -0.4 is 4.90 Å². The molecule has 186 valence electrons. The van der Waals surface area contributed by atoms with E-state index in [0.29, 0.717) is 0 Å². The van der Waals surface area contributed by atoms with E-state index in [2.05, 4.69) is 126 Å². The molecule has 0 atom stereocenters. The van der Waals surface area contributed by atoms with Crippen molar-refractivity contribution in [2.75, 3.05) is 4.90 Å². The minimum absolute atomic E-state index is 0.745. The zero-order chi connectivity index (χ0) is 25.7. The van der Waals surface area contributed by atoms with E-state index in [1.165, 1.54) is 58.6 Å². The number of halogens is 1. The molecule has 1 nitrogen and oxygen atoms in total. The molecular weight excluding hydrogens is 482 g/mol. The largest absolute Gasteiger partial charge is 0.310 e. The minimum Gasteiger partial charge on any atom is -0.310 e. The summed E-state index contributed by atoms with van der Waals surface area (Å²) in [5, 5.41) is 0.745. The minimum atomic E-state index is 0.745. The fourth-order valence-corrected chi connectivity index (χ4v) is 5.57. The SMILES string of the molecule is Clc1ccc(C(=Cc2ccc(N(c3ccccc3)c3cccc4c3CCCC4)cc2)c2ccccc2)cc1. The molecule has 0 amide bonds. The lowest BCUT2D eigenvalue weighted by molar-refractivity contribution is 0.686. The molecule has 0 aliphatic heterocycles. The summed E-state index contributed by atoms with van der Waals surface area (Å²) in [5.41, 5.74) is 11.3. The van der Waals surface area contributed by atoms with Crippen LogP contribution in [0.5, 0.6) is 0 Å². The van der Waals surface area contributed by atoms with Gasteiger partial charge in [0.15, 0.2) is 0 Å². The van der Waals surface area contributed by atoms with Crippen molar-refractivity contribution in [1.29, 1.82) is 0 Å². The third-order valence-electron chi connectivity index (χ3n) is 7.33. The van der Waals surface area contributed by atoms with Crippen molar-refractivity contribution >= 4 is 40.3 Å². The van der Waals surface area contributed by atoms with E-state index in [0.717, 1.165) is 22.6 Å². The van der Waals surface area contributed by atoms with Crippen molar-refractivity contribution in [3.8, 4) is 0 Å². The number of benzene rings is 5. The van der Waals surface area contributed by atoms with Crippen molar-refractivity contribution in [3.05, 3.63) is 160 Å². The van der Waals surface area contributed by atoms with Gasteiger partial charge in [-0.05, 0) is 108 Å². The average Bonchev–Trinajstić information content (AvgIpc) is 2.98. The maximum Gasteiger partial charge on any atom is 0.0496 e. The first kappa shape index (κ1) is 24.3. The molecule has 0 aromatic heterocycles. The molecule has 0 unspecified atom stereocenters. The average molecular weight is 512 g/mol. The molecule has 5 aromatic rings. The third-order valence-corrected chi connectivity index (χ3v) is 7.58. The maximum atomic E-state index is 6.19. The Balaban J connectivity index is 1.42. The van der Waals surface area contributed by atoms with Crippen LogP contribution in [0, 0.1) is 0 Å². The van der Waals surface area contributed by atoms with Crippen molar-refractivity contribution in [3.63, 3.8) is 0 Å². The summed E-state index contributed by atoms with van der Waals surface area (Å²) in [5.74, 6) is 0. The van der Waals surface area contributed by atoms with Crippen LogP contribution in [-0.4, -0.2) is 0 Å². The summed E-state index contributed by atoms with van der Waals surface area (Å²) in [6, 6.07) is 45.1. The first-order valence-electron chi connectivity index (χ1n) is 13.4. The number of aryl methyl sites for hydroxylation is 1. The molecule has 38 heavy (non-hydrogen) atoms. The second-order valence-corrected chi connectivity index (χ2v) is 10.3. The van der Waals surface area contributed by atoms with Gasteiger partial charge in [-0.15, -0.1) is 0 Å². The van der Waals surface area contributed by atoms with Crippen molar-refractivity contribution in [2.24, 2.45) is 0 Å². The Kier molecular flexibility index (Phi) is 7.11. The number of hydrogen-bond acceptors (Lipinski definition) is 1. The van der Waals surface area contributed by atoms with Crippen LogP contribution in [0.1, 0.15) is 40.7 Å². The van der Waals surface area contributed by atoms with Crippen LogP contribution in [0.4, 0.5) is 17.1 Å². The molecule has 0 fully saturated rings. The molecule has 0 saturated heterocycles. The number of para-hydroxylation sites is 1. The van der Waals surface area contributed by atoms with Gasteiger partial charge in [-0.1, -0.05) is 96.5 Å². The highest BCUT2D eigenvalue weighted by atomic mass is 35.5. The number of rotatable bonds is 6. The van der Waals surface area contributed by atoms with Crippen LogP contribution in [0.25, 0.3) is 11.6 Å². The quantitative estimate of drug-likeness (QED) is 0.205. The lowest BCUT2D eigenvalue weighted by atomic mass is 9.90. The van der Waals surface area contributed by atoms with Gasteiger partial charge >= 0.3 is 0 Å². The Morgan fingerprint density at radius 1 is 0.579 bits per heavy atom. The van der Waals surface area contributed by atoms with Gasteiger partial charge in [-0.25, -0.2) is 0 Å². The smallest absolute Gasteiger partial charge is 0.0496 e. The van der Waals surface area contributed by atoms with Gasteiger partial charge in [-0.2, -0.15) is 0 Å². The van der Waals surface area contributed by atoms with Crippen LogP contribution in [0.3, 0.4) is 0 Å². The van der Waals surface area contributed by atoms with E-state index in [4.69, 9.17) is 11.6 Å². The van der Waals surface area contributed by atoms with E-state index >= 15 is 0 Å².